The summed E-state index contributed by atoms with van der Waals surface area (Å²) in [7, 11) is 0. The van der Waals surface area contributed by atoms with Crippen LogP contribution in [0, 0.1) is 5.92 Å². The molecule has 0 aromatic carbocycles. The first-order valence-electron chi connectivity index (χ1n) is 5.47. The zero-order chi connectivity index (χ0) is 12.0. The van der Waals surface area contributed by atoms with Crippen LogP contribution in [0.5, 0.6) is 0 Å². The van der Waals surface area contributed by atoms with Crippen LogP contribution in [0.4, 0.5) is 17.6 Å². The van der Waals surface area contributed by atoms with Crippen LogP contribution in [0.2, 0.25) is 0 Å². The monoisotopic (exact) mass is 224 g/mol. The summed E-state index contributed by atoms with van der Waals surface area (Å²) in [4.78, 5) is 7.96. The topological polar surface area (TPSA) is 102 Å². The molecule has 6 N–H and O–H groups in total. The van der Waals surface area contributed by atoms with Gasteiger partial charge in [-0.25, -0.2) is 5.84 Å². The predicted octanol–water partition coefficient (Wildman–Crippen LogP) is 1.19. The van der Waals surface area contributed by atoms with Gasteiger partial charge in [-0.05, 0) is 18.8 Å². The van der Waals surface area contributed by atoms with Crippen LogP contribution in [-0.2, 0) is 0 Å². The number of nitrogens with one attached hydrogen (secondary N) is 2. The van der Waals surface area contributed by atoms with Gasteiger partial charge in [-0.15, -0.1) is 0 Å². The number of hydrazine groups is 1. The van der Waals surface area contributed by atoms with Crippen LogP contribution in [0.15, 0.2) is 6.07 Å². The molecule has 6 heteroatoms. The third kappa shape index (κ3) is 4.31. The van der Waals surface area contributed by atoms with E-state index in [-0.39, 0.29) is 5.95 Å². The maximum absolute atomic E-state index is 5.53. The Bertz CT molecular complexity index is 325. The molecule has 0 unspecified atom stereocenters. The fraction of sp³-hybridized carbons (Fsp3) is 0.600. The number of hydrogen-bond acceptors (Lipinski definition) is 6. The number of nitrogens with two attached hydrogens (primary N) is 2. The van der Waals surface area contributed by atoms with Gasteiger partial charge in [0.15, 0.2) is 0 Å². The number of nitrogen functional groups attached to an aromatic ring is 2. The van der Waals surface area contributed by atoms with E-state index in [0.29, 0.717) is 11.6 Å². The van der Waals surface area contributed by atoms with E-state index < -0.39 is 0 Å². The Balaban J connectivity index is 2.44. The Hall–Kier alpha value is -1.56. The average Bonchev–Trinajstić information content (AvgIpc) is 2.23. The standard InChI is InChI=1S/C10H20N6/c1-7(2)4-3-5-13-8-6-9(16-12)15-10(11)14-8/h6-7H,3-5,12H2,1-2H3,(H4,11,13,14,15,16). The Morgan fingerprint density at radius 3 is 2.62 bits per heavy atom. The molecule has 0 saturated heterocycles. The number of anilines is 3. The van der Waals surface area contributed by atoms with Gasteiger partial charge in [0.25, 0.3) is 0 Å². The summed E-state index contributed by atoms with van der Waals surface area (Å²) < 4.78 is 0. The van der Waals surface area contributed by atoms with Gasteiger partial charge in [-0.3, -0.25) is 0 Å². The minimum atomic E-state index is 0.210. The lowest BCUT2D eigenvalue weighted by atomic mass is 10.1. The molecule has 16 heavy (non-hydrogen) atoms. The molecule has 1 heterocycles. The molecule has 0 aliphatic carbocycles. The van der Waals surface area contributed by atoms with Gasteiger partial charge in [-0.2, -0.15) is 9.97 Å². The van der Waals surface area contributed by atoms with E-state index in [4.69, 9.17) is 11.6 Å². The van der Waals surface area contributed by atoms with E-state index in [2.05, 4.69) is 34.6 Å². The third-order valence-electron chi connectivity index (χ3n) is 2.16. The molecule has 0 amide bonds. The second-order valence-electron chi connectivity index (χ2n) is 4.10. The molecule has 1 aromatic heterocycles. The fourth-order valence-corrected chi connectivity index (χ4v) is 1.36. The van der Waals surface area contributed by atoms with Gasteiger partial charge in [0, 0.05) is 12.6 Å². The molecule has 0 radical (unpaired) electrons. The molecule has 0 aliphatic rings. The highest BCUT2D eigenvalue weighted by Crippen LogP contribution is 2.11. The molecule has 1 rings (SSSR count). The predicted molar refractivity (Wildman–Crippen MR) is 66.8 cm³/mol. The summed E-state index contributed by atoms with van der Waals surface area (Å²) in [6.07, 6.45) is 2.29. The van der Waals surface area contributed by atoms with Gasteiger partial charge >= 0.3 is 0 Å². The molecule has 0 aliphatic heterocycles. The number of aromatic nitrogens is 2. The first kappa shape index (κ1) is 12.5. The zero-order valence-electron chi connectivity index (χ0n) is 9.83. The Morgan fingerprint density at radius 1 is 1.31 bits per heavy atom. The lowest BCUT2D eigenvalue weighted by Crippen LogP contribution is -2.12. The van der Waals surface area contributed by atoms with Gasteiger partial charge in [-0.1, -0.05) is 13.8 Å². The number of nitrogens with zero attached hydrogens (tertiary/aromatic N) is 2. The van der Waals surface area contributed by atoms with Crippen LogP contribution in [-0.4, -0.2) is 16.5 Å². The number of rotatable bonds is 6. The van der Waals surface area contributed by atoms with Crippen LogP contribution in [0.3, 0.4) is 0 Å². The lowest BCUT2D eigenvalue weighted by Gasteiger charge is -2.08. The van der Waals surface area contributed by atoms with Gasteiger partial charge in [0.2, 0.25) is 5.95 Å². The first-order chi connectivity index (χ1) is 7.61. The second kappa shape index (κ2) is 6.12. The van der Waals surface area contributed by atoms with Crippen molar-refractivity contribution in [2.45, 2.75) is 26.7 Å². The Morgan fingerprint density at radius 2 is 2.00 bits per heavy atom. The summed E-state index contributed by atoms with van der Waals surface area (Å²) in [5.41, 5.74) is 7.98. The van der Waals surface area contributed by atoms with E-state index in [1.54, 1.807) is 6.07 Å². The molecule has 0 atom stereocenters. The third-order valence-corrected chi connectivity index (χ3v) is 2.16. The quantitative estimate of drug-likeness (QED) is 0.329. The van der Waals surface area contributed by atoms with E-state index >= 15 is 0 Å². The summed E-state index contributed by atoms with van der Waals surface area (Å²) in [5, 5.41) is 3.19. The largest absolute Gasteiger partial charge is 0.370 e. The van der Waals surface area contributed by atoms with Crippen molar-refractivity contribution in [2.24, 2.45) is 11.8 Å². The normalized spacial score (nSPS) is 10.5. The molecule has 1 aromatic rings. The minimum Gasteiger partial charge on any atom is -0.370 e. The van der Waals surface area contributed by atoms with E-state index in [0.717, 1.165) is 18.9 Å². The van der Waals surface area contributed by atoms with Crippen molar-refractivity contribution < 1.29 is 0 Å². The van der Waals surface area contributed by atoms with Crippen molar-refractivity contribution >= 4 is 17.6 Å². The van der Waals surface area contributed by atoms with E-state index in [9.17, 15) is 0 Å². The van der Waals surface area contributed by atoms with Crippen LogP contribution < -0.4 is 22.3 Å². The SMILES string of the molecule is CC(C)CCCNc1cc(NN)nc(N)n1. The second-order valence-corrected chi connectivity index (χ2v) is 4.10. The Labute approximate surface area is 95.8 Å². The zero-order valence-corrected chi connectivity index (χ0v) is 9.83. The van der Waals surface area contributed by atoms with Crippen molar-refractivity contribution in [2.75, 3.05) is 23.0 Å². The Kier molecular flexibility index (Phi) is 4.78. The highest BCUT2D eigenvalue weighted by atomic mass is 15.3. The highest BCUT2D eigenvalue weighted by Gasteiger charge is 2.00. The smallest absolute Gasteiger partial charge is 0.223 e. The molecular weight excluding hydrogens is 204 g/mol. The minimum absolute atomic E-state index is 0.210. The van der Waals surface area contributed by atoms with Crippen molar-refractivity contribution in [1.29, 1.82) is 0 Å². The van der Waals surface area contributed by atoms with Crippen molar-refractivity contribution in [3.8, 4) is 0 Å². The molecule has 90 valence electrons. The van der Waals surface area contributed by atoms with Crippen LogP contribution in [0.1, 0.15) is 26.7 Å². The van der Waals surface area contributed by atoms with Gasteiger partial charge in [0.1, 0.15) is 11.6 Å². The molecule has 0 spiro atoms. The first-order valence-corrected chi connectivity index (χ1v) is 5.47. The fourth-order valence-electron chi connectivity index (χ4n) is 1.36. The van der Waals surface area contributed by atoms with Crippen molar-refractivity contribution in [1.82, 2.24) is 9.97 Å². The summed E-state index contributed by atoms with van der Waals surface area (Å²) in [5.74, 6) is 7.40. The molecule has 6 nitrogen and oxygen atoms in total. The van der Waals surface area contributed by atoms with Gasteiger partial charge in [0.05, 0.1) is 0 Å². The molecule has 0 saturated carbocycles. The number of hydrogen-bond donors (Lipinski definition) is 4. The van der Waals surface area contributed by atoms with Gasteiger partial charge < -0.3 is 16.5 Å². The maximum Gasteiger partial charge on any atom is 0.223 e. The average molecular weight is 224 g/mol. The van der Waals surface area contributed by atoms with E-state index in [1.807, 2.05) is 0 Å². The summed E-state index contributed by atoms with van der Waals surface area (Å²) in [6.45, 7) is 5.29. The molecular formula is C10H20N6. The van der Waals surface area contributed by atoms with Crippen LogP contribution in [0.25, 0.3) is 0 Å². The lowest BCUT2D eigenvalue weighted by molar-refractivity contribution is 0.566. The van der Waals surface area contributed by atoms with E-state index in [1.165, 1.54) is 6.42 Å². The van der Waals surface area contributed by atoms with Crippen molar-refractivity contribution in [3.05, 3.63) is 6.07 Å². The molecule has 0 bridgehead atoms. The maximum atomic E-state index is 5.53. The molecule has 0 fully saturated rings. The van der Waals surface area contributed by atoms with Crippen molar-refractivity contribution in [3.63, 3.8) is 0 Å². The summed E-state index contributed by atoms with van der Waals surface area (Å²) in [6, 6.07) is 1.73. The highest BCUT2D eigenvalue weighted by molar-refractivity contribution is 5.50. The summed E-state index contributed by atoms with van der Waals surface area (Å²) >= 11 is 0. The van der Waals surface area contributed by atoms with Crippen LogP contribution >= 0.6 is 0 Å².